The molecule has 2 aromatic rings. The van der Waals surface area contributed by atoms with Gasteiger partial charge in [0.2, 0.25) is 17.7 Å². The fraction of sp³-hybridized carbons (Fsp3) is 0.583. The Morgan fingerprint density at radius 3 is 1.89 bits per heavy atom. The monoisotopic (exact) mass is 533 g/mol. The smallest absolute Gasteiger partial charge is 0.326 e. The van der Waals surface area contributed by atoms with Gasteiger partial charge >= 0.3 is 5.97 Å². The standard InChI is InChI=1S/C24H39N9O5/c1-14(2)7-18(22(35)33-20(24(37)38)9-16-11-28-13-30-16)32-23(36)19(8-15-10-27-12-29-15)31-21(34)17(26)5-3-4-6-25/h10-14,17-20H,3-9,25-26H2,1-2H3,(H,27,29)(H,28,30)(H,31,34)(H,32,36)(H,33,35)(H,37,38). The van der Waals surface area contributed by atoms with Crippen LogP contribution in [0.5, 0.6) is 0 Å². The van der Waals surface area contributed by atoms with Gasteiger partial charge in [0, 0.05) is 36.6 Å². The molecule has 210 valence electrons. The predicted molar refractivity (Wildman–Crippen MR) is 138 cm³/mol. The molecule has 0 saturated carbocycles. The van der Waals surface area contributed by atoms with Gasteiger partial charge in [-0.2, -0.15) is 0 Å². The first-order valence-electron chi connectivity index (χ1n) is 12.6. The lowest BCUT2D eigenvalue weighted by atomic mass is 10.0. The quantitative estimate of drug-likeness (QED) is 0.116. The maximum atomic E-state index is 13.3. The molecule has 4 unspecified atom stereocenters. The van der Waals surface area contributed by atoms with Crippen LogP contribution < -0.4 is 27.4 Å². The average molecular weight is 534 g/mol. The largest absolute Gasteiger partial charge is 0.480 e. The third-order valence-corrected chi connectivity index (χ3v) is 5.85. The molecule has 0 radical (unpaired) electrons. The molecule has 10 N–H and O–H groups in total. The number of carbonyl (C=O) groups excluding carboxylic acids is 3. The molecule has 14 nitrogen and oxygen atoms in total. The van der Waals surface area contributed by atoms with Crippen molar-refractivity contribution in [2.24, 2.45) is 17.4 Å². The van der Waals surface area contributed by atoms with Gasteiger partial charge in [0.25, 0.3) is 0 Å². The van der Waals surface area contributed by atoms with Crippen LogP contribution in [-0.2, 0) is 32.0 Å². The minimum atomic E-state index is -1.23. The molecular formula is C24H39N9O5. The minimum Gasteiger partial charge on any atom is -0.480 e. The number of unbranched alkanes of at least 4 members (excludes halogenated alkanes) is 1. The summed E-state index contributed by atoms with van der Waals surface area (Å²) in [7, 11) is 0. The van der Waals surface area contributed by atoms with Crippen molar-refractivity contribution >= 4 is 23.7 Å². The molecule has 3 amide bonds. The maximum absolute atomic E-state index is 13.3. The lowest BCUT2D eigenvalue weighted by molar-refractivity contribution is -0.142. The molecule has 14 heteroatoms. The van der Waals surface area contributed by atoms with E-state index in [0.717, 1.165) is 6.42 Å². The summed E-state index contributed by atoms with van der Waals surface area (Å²) in [5, 5.41) is 17.5. The van der Waals surface area contributed by atoms with E-state index in [1.54, 1.807) is 0 Å². The number of aliphatic carboxylic acids is 1. The Morgan fingerprint density at radius 2 is 1.39 bits per heavy atom. The molecule has 0 aliphatic rings. The van der Waals surface area contributed by atoms with E-state index in [-0.39, 0.29) is 25.2 Å². The summed E-state index contributed by atoms with van der Waals surface area (Å²) < 4.78 is 0. The van der Waals surface area contributed by atoms with Crippen LogP contribution in [0.2, 0.25) is 0 Å². The summed E-state index contributed by atoms with van der Waals surface area (Å²) in [4.78, 5) is 64.5. The number of aromatic amines is 2. The van der Waals surface area contributed by atoms with Crippen molar-refractivity contribution in [3.63, 3.8) is 0 Å². The van der Waals surface area contributed by atoms with Gasteiger partial charge in [-0.1, -0.05) is 20.3 Å². The van der Waals surface area contributed by atoms with Crippen molar-refractivity contribution in [2.45, 2.75) is 76.5 Å². The predicted octanol–water partition coefficient (Wildman–Crippen LogP) is -1.04. The van der Waals surface area contributed by atoms with E-state index in [9.17, 15) is 24.3 Å². The van der Waals surface area contributed by atoms with Crippen molar-refractivity contribution in [2.75, 3.05) is 6.54 Å². The SMILES string of the molecule is CC(C)CC(NC(=O)C(Cc1cnc[nH]1)NC(=O)C(N)CCCCN)C(=O)NC(Cc1cnc[nH]1)C(=O)O. The van der Waals surface area contributed by atoms with Crippen LogP contribution in [-0.4, -0.2) is 79.4 Å². The molecule has 0 aliphatic carbocycles. The van der Waals surface area contributed by atoms with Crippen molar-refractivity contribution in [3.05, 3.63) is 36.4 Å². The first-order valence-corrected chi connectivity index (χ1v) is 12.6. The van der Waals surface area contributed by atoms with Gasteiger partial charge < -0.3 is 42.5 Å². The van der Waals surface area contributed by atoms with Crippen molar-refractivity contribution in [1.29, 1.82) is 0 Å². The number of imidazole rings is 2. The number of H-pyrrole nitrogens is 2. The van der Waals surface area contributed by atoms with Crippen LogP contribution in [0, 0.1) is 5.92 Å². The first-order chi connectivity index (χ1) is 18.1. The Labute approximate surface area is 221 Å². The number of carbonyl (C=O) groups is 4. The Balaban J connectivity index is 2.14. The normalized spacial score (nSPS) is 14.3. The molecule has 0 bridgehead atoms. The Hall–Kier alpha value is -3.78. The van der Waals surface area contributed by atoms with Gasteiger partial charge in [-0.15, -0.1) is 0 Å². The number of rotatable bonds is 17. The molecular weight excluding hydrogens is 494 g/mol. The zero-order valence-electron chi connectivity index (χ0n) is 21.8. The van der Waals surface area contributed by atoms with E-state index < -0.39 is 47.9 Å². The molecule has 2 heterocycles. The topological polar surface area (TPSA) is 234 Å². The number of nitrogens with two attached hydrogens (primary N) is 2. The Morgan fingerprint density at radius 1 is 0.868 bits per heavy atom. The number of carboxylic acid groups (broad SMARTS) is 1. The summed E-state index contributed by atoms with van der Waals surface area (Å²) in [6.07, 6.45) is 7.99. The van der Waals surface area contributed by atoms with E-state index >= 15 is 0 Å². The molecule has 0 spiro atoms. The third kappa shape index (κ3) is 10.3. The van der Waals surface area contributed by atoms with Gasteiger partial charge in [0.15, 0.2) is 0 Å². The molecule has 38 heavy (non-hydrogen) atoms. The molecule has 0 fully saturated rings. The summed E-state index contributed by atoms with van der Waals surface area (Å²) in [6, 6.07) is -4.15. The zero-order chi connectivity index (χ0) is 28.1. The first kappa shape index (κ1) is 30.4. The minimum absolute atomic E-state index is 0.00134. The summed E-state index contributed by atoms with van der Waals surface area (Å²) in [5.74, 6) is -2.99. The number of aromatic nitrogens is 4. The van der Waals surface area contributed by atoms with Gasteiger partial charge in [-0.3, -0.25) is 14.4 Å². The molecule has 0 aromatic carbocycles. The van der Waals surface area contributed by atoms with E-state index in [1.807, 2.05) is 13.8 Å². The maximum Gasteiger partial charge on any atom is 0.326 e. The Kier molecular flexibility index (Phi) is 12.4. The van der Waals surface area contributed by atoms with Crippen LogP contribution in [0.25, 0.3) is 0 Å². The average Bonchev–Trinajstić information content (AvgIpc) is 3.56. The van der Waals surface area contributed by atoms with E-state index in [4.69, 9.17) is 11.5 Å². The summed E-state index contributed by atoms with van der Waals surface area (Å²) in [6.45, 7) is 4.23. The number of nitrogens with zero attached hydrogens (tertiary/aromatic N) is 2. The second kappa shape index (κ2) is 15.5. The van der Waals surface area contributed by atoms with Crippen LogP contribution in [0.3, 0.4) is 0 Å². The highest BCUT2D eigenvalue weighted by Crippen LogP contribution is 2.09. The third-order valence-electron chi connectivity index (χ3n) is 5.85. The molecule has 0 aliphatic heterocycles. The summed E-state index contributed by atoms with van der Waals surface area (Å²) >= 11 is 0. The van der Waals surface area contributed by atoms with Crippen LogP contribution in [0.4, 0.5) is 0 Å². The van der Waals surface area contributed by atoms with Gasteiger partial charge in [0.05, 0.1) is 18.7 Å². The van der Waals surface area contributed by atoms with E-state index in [0.29, 0.717) is 30.8 Å². The van der Waals surface area contributed by atoms with Crippen molar-refractivity contribution < 1.29 is 24.3 Å². The Bertz CT molecular complexity index is 1010. The van der Waals surface area contributed by atoms with E-state index in [2.05, 4.69) is 35.9 Å². The van der Waals surface area contributed by atoms with E-state index in [1.165, 1.54) is 25.0 Å². The van der Waals surface area contributed by atoms with Crippen molar-refractivity contribution in [1.82, 2.24) is 35.9 Å². The number of amides is 3. The van der Waals surface area contributed by atoms with Gasteiger partial charge in [0.1, 0.15) is 18.1 Å². The van der Waals surface area contributed by atoms with Gasteiger partial charge in [-0.05, 0) is 31.7 Å². The number of hydrogen-bond donors (Lipinski definition) is 8. The zero-order valence-corrected chi connectivity index (χ0v) is 21.8. The summed E-state index contributed by atoms with van der Waals surface area (Å²) in [5.41, 5.74) is 12.6. The second-order valence-corrected chi connectivity index (χ2v) is 9.60. The highest BCUT2D eigenvalue weighted by molar-refractivity contribution is 5.94. The fourth-order valence-electron chi connectivity index (χ4n) is 3.81. The second-order valence-electron chi connectivity index (χ2n) is 9.60. The lowest BCUT2D eigenvalue weighted by Gasteiger charge is -2.26. The molecule has 2 aromatic heterocycles. The van der Waals surface area contributed by atoms with Gasteiger partial charge in [-0.25, -0.2) is 14.8 Å². The van der Waals surface area contributed by atoms with Crippen LogP contribution in [0.15, 0.2) is 25.0 Å². The number of nitrogens with one attached hydrogen (secondary N) is 5. The molecule has 2 rings (SSSR count). The number of hydrogen-bond acceptors (Lipinski definition) is 8. The van der Waals surface area contributed by atoms with Crippen molar-refractivity contribution in [3.8, 4) is 0 Å². The number of carboxylic acids is 1. The van der Waals surface area contributed by atoms with Crippen LogP contribution in [0.1, 0.15) is 50.9 Å². The highest BCUT2D eigenvalue weighted by Gasteiger charge is 2.31. The molecule has 4 atom stereocenters. The fourth-order valence-corrected chi connectivity index (χ4v) is 3.81. The lowest BCUT2D eigenvalue weighted by Crippen LogP contribution is -2.58. The van der Waals surface area contributed by atoms with Crippen LogP contribution >= 0.6 is 0 Å². The highest BCUT2D eigenvalue weighted by atomic mass is 16.4. The molecule has 0 saturated heterocycles.